The number of para-hydroxylation sites is 1. The Balaban J connectivity index is 1.54. The summed E-state index contributed by atoms with van der Waals surface area (Å²) in [6.07, 6.45) is 5.44. The summed E-state index contributed by atoms with van der Waals surface area (Å²) in [6, 6.07) is 30.0. The van der Waals surface area contributed by atoms with E-state index in [1.807, 2.05) is 100 Å². The van der Waals surface area contributed by atoms with Crippen molar-refractivity contribution in [2.24, 2.45) is 0 Å². The third-order valence-corrected chi connectivity index (χ3v) is 7.87. The van der Waals surface area contributed by atoms with E-state index in [-0.39, 0.29) is 17.9 Å². The van der Waals surface area contributed by atoms with Crippen LogP contribution < -0.4 is 5.32 Å². The van der Waals surface area contributed by atoms with Crippen LogP contribution in [0.4, 0.5) is 0 Å². The molecule has 2 amide bonds. The highest BCUT2D eigenvalue weighted by atomic mass is 16.2. The Bertz CT molecular complexity index is 1390. The minimum Gasteiger partial charge on any atom is -0.351 e. The number of nitrogens with zero attached hydrogens (tertiary/aromatic N) is 2. The van der Waals surface area contributed by atoms with Gasteiger partial charge in [0.1, 0.15) is 5.69 Å². The summed E-state index contributed by atoms with van der Waals surface area (Å²) < 4.78 is 2.05. The Labute approximate surface area is 211 Å². The SMILES string of the molecule is O=C1c2cc3ccccc3n2CC(C(=O)NC2CCCCC2)(c2ccccc2)N1Cc1ccccc1. The van der Waals surface area contributed by atoms with Gasteiger partial charge < -0.3 is 14.8 Å². The average Bonchev–Trinajstić information content (AvgIpc) is 3.30. The van der Waals surface area contributed by atoms with E-state index >= 15 is 0 Å². The molecule has 0 spiro atoms. The van der Waals surface area contributed by atoms with Crippen LogP contribution in [-0.4, -0.2) is 27.3 Å². The van der Waals surface area contributed by atoms with Gasteiger partial charge in [-0.2, -0.15) is 0 Å². The number of amides is 2. The van der Waals surface area contributed by atoms with E-state index in [2.05, 4.69) is 5.32 Å². The summed E-state index contributed by atoms with van der Waals surface area (Å²) in [4.78, 5) is 30.6. The van der Waals surface area contributed by atoms with Crippen LogP contribution >= 0.6 is 0 Å². The molecule has 5 nitrogen and oxygen atoms in total. The number of hydrogen-bond donors (Lipinski definition) is 1. The average molecular weight is 478 g/mol. The van der Waals surface area contributed by atoms with E-state index in [4.69, 9.17) is 0 Å². The van der Waals surface area contributed by atoms with Crippen molar-refractivity contribution >= 4 is 22.7 Å². The Kier molecular flexibility index (Phi) is 5.84. The van der Waals surface area contributed by atoms with Crippen molar-refractivity contribution in [1.82, 2.24) is 14.8 Å². The first-order valence-corrected chi connectivity index (χ1v) is 13.0. The number of benzene rings is 3. The second-order valence-electron chi connectivity index (χ2n) is 10.1. The van der Waals surface area contributed by atoms with Crippen molar-refractivity contribution in [3.05, 3.63) is 108 Å². The molecule has 6 rings (SSSR count). The molecule has 1 N–H and O–H groups in total. The second kappa shape index (κ2) is 9.30. The molecule has 1 aliphatic carbocycles. The van der Waals surface area contributed by atoms with Gasteiger partial charge in [0.25, 0.3) is 11.8 Å². The fourth-order valence-corrected chi connectivity index (χ4v) is 5.99. The lowest BCUT2D eigenvalue weighted by Crippen LogP contribution is -2.64. The van der Waals surface area contributed by atoms with Gasteiger partial charge in [-0.1, -0.05) is 98.1 Å². The van der Waals surface area contributed by atoms with Gasteiger partial charge in [0.15, 0.2) is 5.54 Å². The largest absolute Gasteiger partial charge is 0.351 e. The second-order valence-corrected chi connectivity index (χ2v) is 10.1. The van der Waals surface area contributed by atoms with Gasteiger partial charge in [0.2, 0.25) is 0 Å². The molecule has 0 saturated heterocycles. The Morgan fingerprint density at radius 1 is 0.861 bits per heavy atom. The topological polar surface area (TPSA) is 54.3 Å². The molecule has 2 aliphatic rings. The maximum atomic E-state index is 14.5. The highest BCUT2D eigenvalue weighted by molar-refractivity contribution is 6.04. The zero-order valence-electron chi connectivity index (χ0n) is 20.4. The number of carbonyl (C=O) groups is 2. The molecule has 0 radical (unpaired) electrons. The number of aromatic nitrogens is 1. The maximum absolute atomic E-state index is 14.5. The minimum atomic E-state index is -1.17. The molecule has 1 unspecified atom stereocenters. The van der Waals surface area contributed by atoms with Crippen molar-refractivity contribution in [3.63, 3.8) is 0 Å². The van der Waals surface area contributed by atoms with E-state index in [1.54, 1.807) is 0 Å². The van der Waals surface area contributed by atoms with E-state index in [0.29, 0.717) is 18.8 Å². The highest BCUT2D eigenvalue weighted by Gasteiger charge is 2.52. The van der Waals surface area contributed by atoms with E-state index < -0.39 is 5.54 Å². The summed E-state index contributed by atoms with van der Waals surface area (Å²) in [5, 5.41) is 4.40. The van der Waals surface area contributed by atoms with Gasteiger partial charge in [-0.25, -0.2) is 0 Å². The van der Waals surface area contributed by atoms with Crippen LogP contribution in [0, 0.1) is 0 Å². The van der Waals surface area contributed by atoms with Crippen LogP contribution in [0.3, 0.4) is 0 Å². The molecular formula is C31H31N3O2. The number of rotatable bonds is 5. The first-order chi connectivity index (χ1) is 17.7. The predicted molar refractivity (Wildman–Crippen MR) is 141 cm³/mol. The summed E-state index contributed by atoms with van der Waals surface area (Å²) >= 11 is 0. The van der Waals surface area contributed by atoms with Crippen molar-refractivity contribution in [1.29, 1.82) is 0 Å². The van der Waals surface area contributed by atoms with Crippen molar-refractivity contribution < 1.29 is 9.59 Å². The van der Waals surface area contributed by atoms with E-state index in [1.165, 1.54) is 6.42 Å². The third-order valence-electron chi connectivity index (χ3n) is 7.87. The first-order valence-electron chi connectivity index (χ1n) is 13.0. The number of carbonyl (C=O) groups excluding carboxylic acids is 2. The molecule has 2 heterocycles. The standard InChI is InChI=1S/C31H31N3O2/c35-29-28-20-24-14-10-11-19-27(24)33(28)22-31(25-15-6-2-7-16-25,30(36)32-26-17-8-3-9-18-26)34(29)21-23-12-4-1-5-13-23/h1-2,4-7,10-16,19-20,26H,3,8-9,17-18,21-22H2,(H,32,36). The van der Waals surface area contributed by atoms with Crippen molar-refractivity contribution in [3.8, 4) is 0 Å². The Hall–Kier alpha value is -3.86. The van der Waals surface area contributed by atoms with Gasteiger partial charge in [0.05, 0.1) is 6.54 Å². The summed E-state index contributed by atoms with van der Waals surface area (Å²) in [5.74, 6) is -0.211. The monoisotopic (exact) mass is 477 g/mol. The highest BCUT2D eigenvalue weighted by Crippen LogP contribution is 2.40. The van der Waals surface area contributed by atoms with Crippen molar-refractivity contribution in [2.45, 2.75) is 56.8 Å². The van der Waals surface area contributed by atoms with Crippen LogP contribution in [0.25, 0.3) is 10.9 Å². The molecule has 1 fully saturated rings. The van der Waals surface area contributed by atoms with E-state index in [0.717, 1.165) is 47.7 Å². The van der Waals surface area contributed by atoms with E-state index in [9.17, 15) is 9.59 Å². The Morgan fingerprint density at radius 2 is 1.53 bits per heavy atom. The van der Waals surface area contributed by atoms with Gasteiger partial charge >= 0.3 is 0 Å². The quantitative estimate of drug-likeness (QED) is 0.404. The number of fused-ring (bicyclic) bond motifs is 3. The van der Waals surface area contributed by atoms with Crippen molar-refractivity contribution in [2.75, 3.05) is 0 Å². The zero-order chi connectivity index (χ0) is 24.5. The molecule has 5 heteroatoms. The lowest BCUT2D eigenvalue weighted by atomic mass is 9.83. The lowest BCUT2D eigenvalue weighted by Gasteiger charge is -2.47. The third kappa shape index (κ3) is 3.79. The summed E-state index contributed by atoms with van der Waals surface area (Å²) in [7, 11) is 0. The van der Waals surface area contributed by atoms with Crippen LogP contribution in [0.1, 0.15) is 53.7 Å². The molecule has 182 valence electrons. The fourth-order valence-electron chi connectivity index (χ4n) is 5.99. The van der Waals surface area contributed by atoms with Gasteiger partial charge in [0, 0.05) is 23.5 Å². The maximum Gasteiger partial charge on any atom is 0.272 e. The Morgan fingerprint density at radius 3 is 2.28 bits per heavy atom. The van der Waals surface area contributed by atoms with Crippen LogP contribution in [0.2, 0.25) is 0 Å². The molecule has 1 saturated carbocycles. The van der Waals surface area contributed by atoms with Gasteiger partial charge in [-0.05, 0) is 36.1 Å². The minimum absolute atomic E-state index is 0.0895. The van der Waals surface area contributed by atoms with Gasteiger partial charge in [-0.3, -0.25) is 9.59 Å². The molecule has 1 aromatic heterocycles. The number of hydrogen-bond acceptors (Lipinski definition) is 2. The first kappa shape index (κ1) is 22.6. The predicted octanol–water partition coefficient (Wildman–Crippen LogP) is 5.64. The van der Waals surface area contributed by atoms with Crippen LogP contribution in [0.5, 0.6) is 0 Å². The fraction of sp³-hybridized carbons (Fsp3) is 0.290. The molecule has 3 aromatic carbocycles. The molecular weight excluding hydrogens is 446 g/mol. The van der Waals surface area contributed by atoms with Crippen LogP contribution in [0.15, 0.2) is 91.0 Å². The number of nitrogens with one attached hydrogen (secondary N) is 1. The molecule has 1 atom stereocenters. The lowest BCUT2D eigenvalue weighted by molar-refractivity contribution is -0.136. The normalized spacial score (nSPS) is 20.3. The molecule has 0 bridgehead atoms. The smallest absolute Gasteiger partial charge is 0.272 e. The molecule has 4 aromatic rings. The molecule has 1 aliphatic heterocycles. The summed E-state index contributed by atoms with van der Waals surface area (Å²) in [6.45, 7) is 0.727. The zero-order valence-corrected chi connectivity index (χ0v) is 20.4. The van der Waals surface area contributed by atoms with Gasteiger partial charge in [-0.15, -0.1) is 0 Å². The van der Waals surface area contributed by atoms with Crippen LogP contribution in [-0.2, 0) is 23.4 Å². The molecule has 36 heavy (non-hydrogen) atoms. The summed E-state index contributed by atoms with van der Waals surface area (Å²) in [5.41, 5.74) is 2.28.